The Morgan fingerprint density at radius 2 is 1.80 bits per heavy atom. The molecule has 0 heterocycles. The van der Waals surface area contributed by atoms with E-state index in [0.29, 0.717) is 6.42 Å². The van der Waals surface area contributed by atoms with E-state index in [0.717, 1.165) is 30.6 Å². The molecule has 1 aromatic rings. The summed E-state index contributed by atoms with van der Waals surface area (Å²) < 4.78 is 23.3. The fourth-order valence-electron chi connectivity index (χ4n) is 2.76. The van der Waals surface area contributed by atoms with Crippen LogP contribution in [0.5, 0.6) is 0 Å². The summed E-state index contributed by atoms with van der Waals surface area (Å²) in [6.45, 7) is 0. The van der Waals surface area contributed by atoms with Crippen molar-refractivity contribution in [3.05, 3.63) is 24.3 Å². The summed E-state index contributed by atoms with van der Waals surface area (Å²) in [6.07, 6.45) is 4.89. The number of hydrogen-bond acceptors (Lipinski definition) is 4. The molecule has 0 bridgehead atoms. The molecule has 4 nitrogen and oxygen atoms in total. The average Bonchev–Trinajstić information content (AvgIpc) is 2.38. The SMILES string of the molecule is CN(C)c1ccc(NC2CCCC(S(C)(=O)=O)C2)cc1. The van der Waals surface area contributed by atoms with Crippen LogP contribution in [0.2, 0.25) is 0 Å². The van der Waals surface area contributed by atoms with Crippen molar-refractivity contribution in [2.75, 3.05) is 30.6 Å². The molecule has 2 unspecified atom stereocenters. The third-order valence-corrected chi connectivity index (χ3v) is 5.63. The van der Waals surface area contributed by atoms with Crippen molar-refractivity contribution in [3.8, 4) is 0 Å². The van der Waals surface area contributed by atoms with Crippen molar-refractivity contribution in [1.82, 2.24) is 0 Å². The van der Waals surface area contributed by atoms with Gasteiger partial charge in [0.25, 0.3) is 0 Å². The predicted octanol–water partition coefficient (Wildman–Crippen LogP) is 2.52. The first-order valence-corrected chi connectivity index (χ1v) is 9.04. The Kier molecular flexibility index (Phi) is 4.58. The van der Waals surface area contributed by atoms with Crippen LogP contribution in [0.15, 0.2) is 24.3 Å². The summed E-state index contributed by atoms with van der Waals surface area (Å²) in [6, 6.07) is 8.51. The van der Waals surface area contributed by atoms with E-state index in [4.69, 9.17) is 0 Å². The third kappa shape index (κ3) is 3.88. The Morgan fingerprint density at radius 3 is 2.35 bits per heavy atom. The van der Waals surface area contributed by atoms with Gasteiger partial charge in [-0.1, -0.05) is 6.42 Å². The van der Waals surface area contributed by atoms with Gasteiger partial charge in [0, 0.05) is 37.8 Å². The first-order valence-electron chi connectivity index (χ1n) is 7.09. The van der Waals surface area contributed by atoms with Crippen molar-refractivity contribution >= 4 is 21.2 Å². The summed E-state index contributed by atoms with van der Waals surface area (Å²) in [5, 5.41) is 3.28. The number of nitrogens with zero attached hydrogens (tertiary/aromatic N) is 1. The highest BCUT2D eigenvalue weighted by molar-refractivity contribution is 7.91. The zero-order valence-corrected chi connectivity index (χ0v) is 13.3. The van der Waals surface area contributed by atoms with E-state index >= 15 is 0 Å². The summed E-state index contributed by atoms with van der Waals surface area (Å²) in [7, 11) is 1.11. The van der Waals surface area contributed by atoms with Crippen LogP contribution >= 0.6 is 0 Å². The minimum absolute atomic E-state index is 0.185. The number of nitrogens with one attached hydrogen (secondary N) is 1. The van der Waals surface area contributed by atoms with E-state index in [1.54, 1.807) is 0 Å². The van der Waals surface area contributed by atoms with Crippen LogP contribution in [-0.4, -0.2) is 40.1 Å². The smallest absolute Gasteiger partial charge is 0.150 e. The number of sulfone groups is 1. The lowest BCUT2D eigenvalue weighted by Crippen LogP contribution is -2.34. The molecule has 0 aromatic heterocycles. The lowest BCUT2D eigenvalue weighted by atomic mass is 9.95. The van der Waals surface area contributed by atoms with Gasteiger partial charge in [-0.25, -0.2) is 8.42 Å². The lowest BCUT2D eigenvalue weighted by Gasteiger charge is -2.29. The Labute approximate surface area is 122 Å². The molecule has 0 spiro atoms. The fraction of sp³-hybridized carbons (Fsp3) is 0.600. The van der Waals surface area contributed by atoms with E-state index in [1.807, 2.05) is 14.1 Å². The minimum Gasteiger partial charge on any atom is -0.382 e. The summed E-state index contributed by atoms with van der Waals surface area (Å²) in [5.74, 6) is 0. The van der Waals surface area contributed by atoms with Gasteiger partial charge in [0.1, 0.15) is 9.84 Å². The fourth-order valence-corrected chi connectivity index (χ4v) is 3.93. The monoisotopic (exact) mass is 296 g/mol. The Hall–Kier alpha value is -1.23. The highest BCUT2D eigenvalue weighted by Crippen LogP contribution is 2.27. The first-order chi connectivity index (χ1) is 9.36. The van der Waals surface area contributed by atoms with Crippen LogP contribution in [0.25, 0.3) is 0 Å². The number of anilines is 2. The Morgan fingerprint density at radius 1 is 1.15 bits per heavy atom. The molecule has 0 radical (unpaired) electrons. The maximum absolute atomic E-state index is 11.7. The molecular formula is C15H24N2O2S. The molecule has 1 aliphatic rings. The van der Waals surface area contributed by atoms with Gasteiger partial charge < -0.3 is 10.2 Å². The molecule has 2 atom stereocenters. The van der Waals surface area contributed by atoms with Crippen molar-refractivity contribution in [1.29, 1.82) is 0 Å². The second-order valence-corrected chi connectivity index (χ2v) is 8.23. The molecule has 112 valence electrons. The summed E-state index contributed by atoms with van der Waals surface area (Å²) in [5.41, 5.74) is 2.22. The minimum atomic E-state index is -2.92. The van der Waals surface area contributed by atoms with Gasteiger partial charge >= 0.3 is 0 Å². The van der Waals surface area contributed by atoms with E-state index in [2.05, 4.69) is 34.5 Å². The molecule has 1 aliphatic carbocycles. The number of rotatable bonds is 4. The third-order valence-electron chi connectivity index (χ3n) is 3.99. The molecule has 1 aromatic carbocycles. The Bertz CT molecular complexity index is 537. The second-order valence-electron chi connectivity index (χ2n) is 5.90. The molecule has 1 fully saturated rings. The van der Waals surface area contributed by atoms with Gasteiger partial charge in [-0.3, -0.25) is 0 Å². The molecule has 0 aliphatic heterocycles. The normalized spacial score (nSPS) is 23.4. The predicted molar refractivity (Wildman–Crippen MR) is 85.3 cm³/mol. The van der Waals surface area contributed by atoms with Crippen LogP contribution in [0, 0.1) is 0 Å². The van der Waals surface area contributed by atoms with Gasteiger partial charge in [-0.15, -0.1) is 0 Å². The highest BCUT2D eigenvalue weighted by atomic mass is 32.2. The van der Waals surface area contributed by atoms with E-state index in [-0.39, 0.29) is 11.3 Å². The molecule has 1 saturated carbocycles. The second kappa shape index (κ2) is 6.04. The average molecular weight is 296 g/mol. The van der Waals surface area contributed by atoms with Gasteiger partial charge in [-0.05, 0) is 43.5 Å². The summed E-state index contributed by atoms with van der Waals surface area (Å²) in [4.78, 5) is 2.06. The maximum atomic E-state index is 11.7. The topological polar surface area (TPSA) is 49.4 Å². The molecular weight excluding hydrogens is 272 g/mol. The molecule has 20 heavy (non-hydrogen) atoms. The van der Waals surface area contributed by atoms with Crippen molar-refractivity contribution in [2.45, 2.75) is 37.0 Å². The van der Waals surface area contributed by atoms with Gasteiger partial charge in [0.15, 0.2) is 0 Å². The van der Waals surface area contributed by atoms with Gasteiger partial charge in [0.2, 0.25) is 0 Å². The standard InChI is InChI=1S/C15H24N2O2S/c1-17(2)14-9-7-12(8-10-14)16-13-5-4-6-15(11-13)20(3,18)19/h7-10,13,15-16H,4-6,11H2,1-3H3. The van der Waals surface area contributed by atoms with E-state index < -0.39 is 9.84 Å². The van der Waals surface area contributed by atoms with E-state index in [1.165, 1.54) is 6.26 Å². The number of hydrogen-bond donors (Lipinski definition) is 1. The number of benzene rings is 1. The molecule has 5 heteroatoms. The van der Waals surface area contributed by atoms with Crippen molar-refractivity contribution < 1.29 is 8.42 Å². The van der Waals surface area contributed by atoms with Crippen LogP contribution in [0.3, 0.4) is 0 Å². The summed E-state index contributed by atoms with van der Waals surface area (Å²) >= 11 is 0. The molecule has 0 amide bonds. The quantitative estimate of drug-likeness (QED) is 0.927. The molecule has 1 N–H and O–H groups in total. The van der Waals surface area contributed by atoms with Crippen molar-refractivity contribution in [3.63, 3.8) is 0 Å². The zero-order valence-electron chi connectivity index (χ0n) is 12.5. The van der Waals surface area contributed by atoms with Gasteiger partial charge in [-0.2, -0.15) is 0 Å². The van der Waals surface area contributed by atoms with Crippen LogP contribution in [0.1, 0.15) is 25.7 Å². The van der Waals surface area contributed by atoms with Crippen LogP contribution in [-0.2, 0) is 9.84 Å². The van der Waals surface area contributed by atoms with Crippen LogP contribution in [0.4, 0.5) is 11.4 Å². The molecule has 0 saturated heterocycles. The maximum Gasteiger partial charge on any atom is 0.150 e. The first kappa shape index (κ1) is 15.2. The lowest BCUT2D eigenvalue weighted by molar-refractivity contribution is 0.453. The van der Waals surface area contributed by atoms with Crippen LogP contribution < -0.4 is 10.2 Å². The highest BCUT2D eigenvalue weighted by Gasteiger charge is 2.28. The van der Waals surface area contributed by atoms with E-state index in [9.17, 15) is 8.42 Å². The van der Waals surface area contributed by atoms with Gasteiger partial charge in [0.05, 0.1) is 5.25 Å². The molecule has 2 rings (SSSR count). The Balaban J connectivity index is 1.99. The zero-order chi connectivity index (χ0) is 14.8. The largest absolute Gasteiger partial charge is 0.382 e. The van der Waals surface area contributed by atoms with Crippen molar-refractivity contribution in [2.24, 2.45) is 0 Å².